The van der Waals surface area contributed by atoms with Crippen LogP contribution in [0.15, 0.2) is 36.4 Å². The molecule has 0 atom stereocenters. The van der Waals surface area contributed by atoms with Crippen LogP contribution in [0.4, 0.5) is 0 Å². The quantitative estimate of drug-likeness (QED) is 0.0563. The lowest BCUT2D eigenvalue weighted by Gasteiger charge is -2.12. The van der Waals surface area contributed by atoms with Crippen molar-refractivity contribution in [2.45, 2.75) is 181 Å². The van der Waals surface area contributed by atoms with E-state index in [2.05, 4.69) is 13.8 Å². The number of para-hydroxylation sites is 2. The molecule has 45 heavy (non-hydrogen) atoms. The van der Waals surface area contributed by atoms with Crippen LogP contribution in [-0.2, 0) is 12.8 Å². The summed E-state index contributed by atoms with van der Waals surface area (Å²) in [7, 11) is 0. The Balaban J connectivity index is 1.66. The van der Waals surface area contributed by atoms with Crippen LogP contribution in [0.2, 0.25) is 0 Å². The fourth-order valence-corrected chi connectivity index (χ4v) is 6.28. The number of hydrogen-bond donors (Lipinski definition) is 2. The standard InChI is InChI=1S/C41H66O4/c1-3-5-7-9-11-13-15-16-17-18-20-21-23-25-29-35-31-27-33-37(39(35)42)41(44)45-38-34-28-32-36(40(38)43)30-26-24-22-19-14-12-10-8-6-4-2/h27-28,31-34,42-43H,3-26,29-30H2,1-2H3. The highest BCUT2D eigenvalue weighted by Crippen LogP contribution is 2.33. The number of rotatable bonds is 28. The van der Waals surface area contributed by atoms with Crippen LogP contribution in [0.1, 0.15) is 189 Å². The molecular weight excluding hydrogens is 556 g/mol. The summed E-state index contributed by atoms with van der Waals surface area (Å²) in [5.41, 5.74) is 1.73. The van der Waals surface area contributed by atoms with Gasteiger partial charge in [-0.1, -0.05) is 179 Å². The lowest BCUT2D eigenvalue weighted by atomic mass is 10.0. The maximum atomic E-state index is 13.0. The van der Waals surface area contributed by atoms with Crippen LogP contribution in [-0.4, -0.2) is 16.2 Å². The maximum absolute atomic E-state index is 13.0. The highest BCUT2D eigenvalue weighted by molar-refractivity contribution is 5.94. The Morgan fingerprint density at radius 3 is 1.27 bits per heavy atom. The molecule has 4 nitrogen and oxygen atoms in total. The highest BCUT2D eigenvalue weighted by Gasteiger charge is 2.19. The zero-order valence-corrected chi connectivity index (χ0v) is 29.1. The van der Waals surface area contributed by atoms with E-state index in [1.165, 1.54) is 128 Å². The van der Waals surface area contributed by atoms with Crippen LogP contribution in [0.3, 0.4) is 0 Å². The first-order chi connectivity index (χ1) is 22.1. The second-order valence-electron chi connectivity index (χ2n) is 13.2. The minimum absolute atomic E-state index is 0.00166. The maximum Gasteiger partial charge on any atom is 0.347 e. The number of phenolic OH excluding ortho intramolecular Hbond substituents is 2. The Bertz CT molecular complexity index is 1030. The third-order valence-corrected chi connectivity index (χ3v) is 9.22. The van der Waals surface area contributed by atoms with Crippen molar-refractivity contribution in [1.29, 1.82) is 0 Å². The Morgan fingerprint density at radius 1 is 0.489 bits per heavy atom. The number of carbonyl (C=O) groups is 1. The summed E-state index contributed by atoms with van der Waals surface area (Å²) >= 11 is 0. The van der Waals surface area contributed by atoms with E-state index in [4.69, 9.17) is 4.74 Å². The van der Waals surface area contributed by atoms with Crippen molar-refractivity contribution in [3.05, 3.63) is 53.1 Å². The van der Waals surface area contributed by atoms with Gasteiger partial charge in [-0.05, 0) is 48.9 Å². The first-order valence-electron chi connectivity index (χ1n) is 18.9. The minimum atomic E-state index is -0.637. The summed E-state index contributed by atoms with van der Waals surface area (Å²) in [5, 5.41) is 21.7. The fraction of sp³-hybridized carbons (Fsp3) is 0.683. The van der Waals surface area contributed by atoms with E-state index in [1.807, 2.05) is 18.2 Å². The van der Waals surface area contributed by atoms with Gasteiger partial charge in [0.15, 0.2) is 11.5 Å². The first-order valence-corrected chi connectivity index (χ1v) is 18.9. The van der Waals surface area contributed by atoms with Gasteiger partial charge in [-0.2, -0.15) is 0 Å². The second-order valence-corrected chi connectivity index (χ2v) is 13.2. The molecule has 2 aromatic rings. The normalized spacial score (nSPS) is 11.2. The van der Waals surface area contributed by atoms with Gasteiger partial charge >= 0.3 is 5.97 Å². The second kappa shape index (κ2) is 25.7. The zero-order valence-electron chi connectivity index (χ0n) is 29.1. The molecule has 0 aromatic heterocycles. The smallest absolute Gasteiger partial charge is 0.347 e. The highest BCUT2D eigenvalue weighted by atomic mass is 16.5. The molecule has 0 radical (unpaired) electrons. The summed E-state index contributed by atoms with van der Waals surface area (Å²) in [4.78, 5) is 13.0. The molecule has 4 heteroatoms. The number of aromatic hydroxyl groups is 2. The van der Waals surface area contributed by atoms with Crippen molar-refractivity contribution in [1.82, 2.24) is 0 Å². The molecule has 0 amide bonds. The topological polar surface area (TPSA) is 66.8 Å². The largest absolute Gasteiger partial charge is 0.507 e. The van der Waals surface area contributed by atoms with E-state index in [9.17, 15) is 15.0 Å². The van der Waals surface area contributed by atoms with Crippen molar-refractivity contribution in [3.63, 3.8) is 0 Å². The van der Waals surface area contributed by atoms with Crippen molar-refractivity contribution < 1.29 is 19.7 Å². The lowest BCUT2D eigenvalue weighted by Crippen LogP contribution is -2.10. The molecule has 0 fully saturated rings. The number of ether oxygens (including phenoxy) is 1. The summed E-state index contributed by atoms with van der Waals surface area (Å²) < 4.78 is 5.59. The van der Waals surface area contributed by atoms with E-state index in [1.54, 1.807) is 18.2 Å². The minimum Gasteiger partial charge on any atom is -0.507 e. The number of esters is 1. The van der Waals surface area contributed by atoms with Crippen molar-refractivity contribution >= 4 is 5.97 Å². The van der Waals surface area contributed by atoms with Gasteiger partial charge in [0.1, 0.15) is 11.3 Å². The fourth-order valence-electron chi connectivity index (χ4n) is 6.28. The molecule has 2 aromatic carbocycles. The van der Waals surface area contributed by atoms with Gasteiger partial charge in [0.2, 0.25) is 0 Å². The lowest BCUT2D eigenvalue weighted by molar-refractivity contribution is 0.0726. The first kappa shape index (κ1) is 38.7. The van der Waals surface area contributed by atoms with E-state index in [0.717, 1.165) is 49.7 Å². The Hall–Kier alpha value is -2.49. The molecule has 0 bridgehead atoms. The molecule has 0 heterocycles. The Morgan fingerprint density at radius 2 is 0.844 bits per heavy atom. The van der Waals surface area contributed by atoms with Crippen LogP contribution in [0.25, 0.3) is 0 Å². The molecule has 0 spiro atoms. The number of phenols is 2. The molecule has 0 unspecified atom stereocenters. The van der Waals surface area contributed by atoms with Crippen LogP contribution < -0.4 is 4.74 Å². The number of benzene rings is 2. The van der Waals surface area contributed by atoms with Gasteiger partial charge in [-0.3, -0.25) is 0 Å². The molecule has 0 aliphatic rings. The van der Waals surface area contributed by atoms with E-state index < -0.39 is 5.97 Å². The van der Waals surface area contributed by atoms with Gasteiger partial charge in [-0.25, -0.2) is 4.79 Å². The molecule has 0 aliphatic carbocycles. The van der Waals surface area contributed by atoms with Crippen LogP contribution in [0.5, 0.6) is 17.2 Å². The van der Waals surface area contributed by atoms with E-state index >= 15 is 0 Å². The zero-order chi connectivity index (χ0) is 32.4. The average molecular weight is 623 g/mol. The number of unbranched alkanes of at least 4 members (excludes halogenated alkanes) is 22. The molecule has 254 valence electrons. The van der Waals surface area contributed by atoms with Gasteiger partial charge in [-0.15, -0.1) is 0 Å². The Kier molecular flexibility index (Phi) is 22.1. The van der Waals surface area contributed by atoms with Gasteiger partial charge in [0, 0.05) is 0 Å². The average Bonchev–Trinajstić information content (AvgIpc) is 3.04. The third kappa shape index (κ3) is 17.1. The third-order valence-electron chi connectivity index (χ3n) is 9.22. The summed E-state index contributed by atoms with van der Waals surface area (Å²) in [6.07, 6.45) is 32.5. The van der Waals surface area contributed by atoms with Gasteiger partial charge in [0.05, 0.1) is 0 Å². The van der Waals surface area contributed by atoms with Crippen LogP contribution >= 0.6 is 0 Å². The van der Waals surface area contributed by atoms with Crippen LogP contribution in [0, 0.1) is 0 Å². The van der Waals surface area contributed by atoms with Crippen molar-refractivity contribution in [2.75, 3.05) is 0 Å². The molecule has 0 saturated carbocycles. The predicted octanol–water partition coefficient (Wildman–Crippen LogP) is 12.8. The molecular formula is C41H66O4. The predicted molar refractivity (Wildman–Crippen MR) is 191 cm³/mol. The molecule has 2 rings (SSSR count). The molecule has 2 N–H and O–H groups in total. The van der Waals surface area contributed by atoms with Crippen molar-refractivity contribution in [2.24, 2.45) is 0 Å². The number of carbonyl (C=O) groups excluding carboxylic acids is 1. The summed E-state index contributed by atoms with van der Waals surface area (Å²) in [6.45, 7) is 4.52. The summed E-state index contributed by atoms with van der Waals surface area (Å²) in [5.74, 6) is -0.457. The SMILES string of the molecule is CCCCCCCCCCCCCCCCc1cccc(C(=O)Oc2cccc(CCCCCCCCCCCC)c2O)c1O. The molecule has 0 saturated heterocycles. The van der Waals surface area contributed by atoms with Crippen molar-refractivity contribution in [3.8, 4) is 17.2 Å². The van der Waals surface area contributed by atoms with E-state index in [-0.39, 0.29) is 22.8 Å². The molecule has 0 aliphatic heterocycles. The summed E-state index contributed by atoms with van der Waals surface area (Å²) in [6, 6.07) is 10.6. The number of hydrogen-bond acceptors (Lipinski definition) is 4. The van der Waals surface area contributed by atoms with Gasteiger partial charge < -0.3 is 14.9 Å². The van der Waals surface area contributed by atoms with Gasteiger partial charge in [0.25, 0.3) is 0 Å². The monoisotopic (exact) mass is 622 g/mol. The Labute approximate surface area is 276 Å². The van der Waals surface area contributed by atoms with E-state index in [0.29, 0.717) is 0 Å². The number of aryl methyl sites for hydroxylation is 2.